The van der Waals surface area contributed by atoms with E-state index in [0.29, 0.717) is 11.1 Å². The summed E-state index contributed by atoms with van der Waals surface area (Å²) in [6.07, 6.45) is 7.99. The molecule has 126 valence electrons. The molecule has 1 aliphatic rings. The van der Waals surface area contributed by atoms with E-state index in [1.165, 1.54) is 5.57 Å². The highest BCUT2D eigenvalue weighted by molar-refractivity contribution is 5.51. The first kappa shape index (κ1) is 14.9. The number of unbranched alkanes of at least 4 members (excludes halogenated alkanes) is 2. The number of hydrogen-bond acceptors (Lipinski definition) is 2. The highest BCUT2D eigenvalue weighted by Crippen LogP contribution is 2.46. The fourth-order valence-electron chi connectivity index (χ4n) is 3.58. The van der Waals surface area contributed by atoms with Crippen LogP contribution in [0.1, 0.15) is 72.7 Å². The summed E-state index contributed by atoms with van der Waals surface area (Å²) in [6, 6.07) is 3.53. The molecule has 2 nitrogen and oxygen atoms in total. The highest BCUT2D eigenvalue weighted by atomic mass is 16.3. The number of aromatic hydroxyl groups is 2. The van der Waals surface area contributed by atoms with E-state index in [9.17, 15) is 10.2 Å². The molecule has 0 bridgehead atoms. The Morgan fingerprint density at radius 1 is 1.30 bits per heavy atom. The summed E-state index contributed by atoms with van der Waals surface area (Å²) in [6.45, 7) is 5.85. The molecule has 0 saturated carbocycles. The number of phenols is 2. The second-order valence-electron chi connectivity index (χ2n) is 6.87. The summed E-state index contributed by atoms with van der Waals surface area (Å²) in [5.41, 5.74) is 3.41. The van der Waals surface area contributed by atoms with E-state index >= 15 is 0 Å². The molecular formula is C21H30O2. The highest BCUT2D eigenvalue weighted by Gasteiger charge is 2.29. The molecule has 1 aromatic carbocycles. The van der Waals surface area contributed by atoms with Crippen LogP contribution in [0.3, 0.4) is 0 Å². The molecule has 0 saturated heterocycles. The van der Waals surface area contributed by atoms with Gasteiger partial charge in [0.15, 0.2) is 0 Å². The van der Waals surface area contributed by atoms with Crippen molar-refractivity contribution in [3.63, 3.8) is 0 Å². The molecule has 2 rings (SSSR count). The van der Waals surface area contributed by atoms with Gasteiger partial charge in [-0.3, -0.25) is 0 Å². The number of benzene rings is 1. The first-order valence-corrected chi connectivity index (χ1v) is 8.71. The van der Waals surface area contributed by atoms with Gasteiger partial charge in [-0.2, -0.15) is 0 Å². The first-order valence-electron chi connectivity index (χ1n) is 9.71. The third-order valence-electron chi connectivity index (χ3n) is 4.90. The smallest absolute Gasteiger partial charge is 0.123 e. The third-order valence-corrected chi connectivity index (χ3v) is 4.90. The fourth-order valence-corrected chi connectivity index (χ4v) is 3.58. The van der Waals surface area contributed by atoms with Gasteiger partial charge in [-0.1, -0.05) is 43.5 Å². The monoisotopic (exact) mass is 316 g/mol. The molecule has 0 spiro atoms. The van der Waals surface area contributed by atoms with Gasteiger partial charge in [-0.05, 0) is 63.1 Å². The van der Waals surface area contributed by atoms with Crippen molar-refractivity contribution in [1.29, 1.82) is 0 Å². The van der Waals surface area contributed by atoms with Crippen molar-refractivity contribution < 1.29 is 13.0 Å². The molecule has 2 N–H and O–H groups in total. The summed E-state index contributed by atoms with van der Waals surface area (Å²) < 4.78 is 15.3. The van der Waals surface area contributed by atoms with Crippen LogP contribution in [0.4, 0.5) is 0 Å². The summed E-state index contributed by atoms with van der Waals surface area (Å²) in [4.78, 5) is 0. The summed E-state index contributed by atoms with van der Waals surface area (Å²) >= 11 is 0. The molecule has 2 atom stereocenters. The van der Waals surface area contributed by atoms with E-state index < -0.39 is 0 Å². The lowest BCUT2D eigenvalue weighted by molar-refractivity contribution is 0.406. The van der Waals surface area contributed by atoms with Crippen LogP contribution in [0.5, 0.6) is 11.5 Å². The predicted octanol–water partition coefficient (Wildman–Crippen LogP) is 5.85. The standard InChI is InChI=1S/C21H30O2/c1-5-6-7-8-16-12-19(22)21(20(23)13-16)18-11-15(4)9-10-17(18)14(2)3/h11-13,17-18,22-23H,2,5-10H2,1,3-4H3/t17-,18+/m0/s1/i2D2. The minimum atomic E-state index is -0.191. The van der Waals surface area contributed by atoms with Crippen molar-refractivity contribution in [3.05, 3.63) is 47.0 Å². The van der Waals surface area contributed by atoms with Crippen molar-refractivity contribution in [2.24, 2.45) is 5.92 Å². The van der Waals surface area contributed by atoms with Gasteiger partial charge < -0.3 is 10.2 Å². The van der Waals surface area contributed by atoms with Gasteiger partial charge in [0.1, 0.15) is 11.5 Å². The number of rotatable bonds is 6. The van der Waals surface area contributed by atoms with Crippen molar-refractivity contribution >= 4 is 0 Å². The van der Waals surface area contributed by atoms with Crippen LogP contribution in [0.2, 0.25) is 0 Å². The van der Waals surface area contributed by atoms with Gasteiger partial charge in [0.25, 0.3) is 0 Å². The molecule has 0 unspecified atom stereocenters. The first-order chi connectivity index (χ1) is 11.8. The molecular weight excluding hydrogens is 284 g/mol. The van der Waals surface area contributed by atoms with Gasteiger partial charge in [-0.15, -0.1) is 0 Å². The van der Waals surface area contributed by atoms with Crippen LogP contribution in [0.15, 0.2) is 35.9 Å². The van der Waals surface area contributed by atoms with E-state index in [-0.39, 0.29) is 29.9 Å². The van der Waals surface area contributed by atoms with Crippen LogP contribution in [0.25, 0.3) is 0 Å². The minimum absolute atomic E-state index is 0.0311. The molecule has 0 amide bonds. The van der Waals surface area contributed by atoms with Crippen LogP contribution in [-0.2, 0) is 6.42 Å². The Hall–Kier alpha value is -1.70. The van der Waals surface area contributed by atoms with Crippen LogP contribution >= 0.6 is 0 Å². The SMILES string of the molecule is [2H]C([2H])=C(C)[C@@H]1CCC(C)=C[C@H]1c1c(O)cc(CCCCC)cc1O. The zero-order chi connectivity index (χ0) is 18.6. The summed E-state index contributed by atoms with van der Waals surface area (Å²) in [5.74, 6) is 0.0223. The Kier molecular flexibility index (Phi) is 4.99. The molecule has 0 radical (unpaired) electrons. The Morgan fingerprint density at radius 3 is 2.61 bits per heavy atom. The Labute approximate surface area is 143 Å². The van der Waals surface area contributed by atoms with E-state index in [1.807, 2.05) is 6.92 Å². The largest absolute Gasteiger partial charge is 0.507 e. The number of aryl methyl sites for hydroxylation is 1. The maximum absolute atomic E-state index is 10.6. The predicted molar refractivity (Wildman–Crippen MR) is 97.0 cm³/mol. The van der Waals surface area contributed by atoms with Crippen molar-refractivity contribution in [2.45, 2.75) is 65.2 Å². The Morgan fingerprint density at radius 2 is 2.00 bits per heavy atom. The van der Waals surface area contributed by atoms with Gasteiger partial charge in [-0.25, -0.2) is 0 Å². The topological polar surface area (TPSA) is 40.5 Å². The lowest BCUT2D eigenvalue weighted by Crippen LogP contribution is -2.17. The summed E-state index contributed by atoms with van der Waals surface area (Å²) in [5, 5.41) is 21.2. The fraction of sp³-hybridized carbons (Fsp3) is 0.524. The normalized spacial score (nSPS) is 22.1. The lowest BCUT2D eigenvalue weighted by atomic mass is 9.73. The molecule has 0 aliphatic heterocycles. The second kappa shape index (κ2) is 7.72. The zero-order valence-corrected chi connectivity index (χ0v) is 14.5. The van der Waals surface area contributed by atoms with Gasteiger partial charge in [0.05, 0.1) is 2.74 Å². The molecule has 2 heteroatoms. The zero-order valence-electron chi connectivity index (χ0n) is 16.5. The lowest BCUT2D eigenvalue weighted by Gasteiger charge is -2.31. The van der Waals surface area contributed by atoms with Crippen molar-refractivity contribution in [3.8, 4) is 11.5 Å². The Bertz CT molecular complexity index is 649. The van der Waals surface area contributed by atoms with Crippen molar-refractivity contribution in [2.75, 3.05) is 0 Å². The van der Waals surface area contributed by atoms with Gasteiger partial charge >= 0.3 is 0 Å². The summed E-state index contributed by atoms with van der Waals surface area (Å²) in [7, 11) is 0. The quantitative estimate of drug-likeness (QED) is 0.511. The number of hydrogen-bond donors (Lipinski definition) is 2. The maximum Gasteiger partial charge on any atom is 0.123 e. The van der Waals surface area contributed by atoms with Crippen LogP contribution in [0, 0.1) is 5.92 Å². The van der Waals surface area contributed by atoms with E-state index in [2.05, 4.69) is 19.9 Å². The van der Waals surface area contributed by atoms with E-state index in [4.69, 9.17) is 2.74 Å². The van der Waals surface area contributed by atoms with Gasteiger partial charge in [0.2, 0.25) is 0 Å². The molecule has 23 heavy (non-hydrogen) atoms. The third kappa shape index (κ3) is 4.19. The van der Waals surface area contributed by atoms with Gasteiger partial charge in [0, 0.05) is 11.5 Å². The molecule has 1 aromatic rings. The molecule has 0 fully saturated rings. The van der Waals surface area contributed by atoms with Crippen LogP contribution < -0.4 is 0 Å². The molecule has 0 aromatic heterocycles. The number of phenolic OH excluding ortho intramolecular Hbond substituents is 2. The second-order valence-corrected chi connectivity index (χ2v) is 6.87. The average molecular weight is 316 g/mol. The molecule has 1 aliphatic carbocycles. The Balaban J connectivity index is 2.40. The van der Waals surface area contributed by atoms with E-state index in [0.717, 1.165) is 44.1 Å². The molecule has 0 heterocycles. The van der Waals surface area contributed by atoms with Crippen LogP contribution in [-0.4, -0.2) is 10.2 Å². The minimum Gasteiger partial charge on any atom is -0.507 e. The number of allylic oxidation sites excluding steroid dienone is 3. The average Bonchev–Trinajstić information content (AvgIpc) is 2.54. The van der Waals surface area contributed by atoms with E-state index in [1.54, 1.807) is 12.1 Å². The van der Waals surface area contributed by atoms with Crippen molar-refractivity contribution in [1.82, 2.24) is 0 Å². The maximum atomic E-state index is 10.6.